The number of para-hydroxylation sites is 1. The number of carbonyl (C=O) groups excluding carboxylic acids is 1. The predicted molar refractivity (Wildman–Crippen MR) is 101 cm³/mol. The Morgan fingerprint density at radius 1 is 1.08 bits per heavy atom. The fraction of sp³-hybridized carbons (Fsp3) is 0.143. The number of carbonyl (C=O) groups is 1. The Balaban J connectivity index is 1.30. The Morgan fingerprint density at radius 2 is 1.92 bits per heavy atom. The van der Waals surface area contributed by atoms with Crippen molar-refractivity contribution in [2.24, 2.45) is 0 Å². The monoisotopic (exact) mass is 345 g/mol. The van der Waals surface area contributed by atoms with Gasteiger partial charge in [-0.25, -0.2) is 4.98 Å². The first kappa shape index (κ1) is 16.1. The van der Waals surface area contributed by atoms with Gasteiger partial charge in [-0.1, -0.05) is 30.3 Å². The Kier molecular flexibility index (Phi) is 4.51. The zero-order chi connectivity index (χ0) is 17.8. The van der Waals surface area contributed by atoms with Crippen molar-refractivity contribution in [1.29, 1.82) is 0 Å². The molecule has 5 nitrogen and oxygen atoms in total. The van der Waals surface area contributed by atoms with Gasteiger partial charge in [0, 0.05) is 35.9 Å². The number of benzene rings is 2. The third-order valence-corrected chi connectivity index (χ3v) is 4.41. The molecule has 2 heterocycles. The van der Waals surface area contributed by atoms with E-state index in [1.54, 1.807) is 18.3 Å². The number of hydrogen-bond acceptors (Lipinski definition) is 3. The van der Waals surface area contributed by atoms with Crippen molar-refractivity contribution < 1.29 is 9.21 Å². The molecular formula is C21H19N3O2. The largest absolute Gasteiger partial charge is 0.444 e. The van der Waals surface area contributed by atoms with Gasteiger partial charge in [0.25, 0.3) is 5.91 Å². The number of nitrogens with one attached hydrogen (secondary N) is 1. The lowest BCUT2D eigenvalue weighted by Crippen LogP contribution is -2.25. The second kappa shape index (κ2) is 7.27. The maximum Gasteiger partial charge on any atom is 0.251 e. The number of hydrogen-bond donors (Lipinski definition) is 1. The van der Waals surface area contributed by atoms with Gasteiger partial charge in [0.05, 0.1) is 6.20 Å². The van der Waals surface area contributed by atoms with Crippen LogP contribution in [0, 0.1) is 0 Å². The van der Waals surface area contributed by atoms with Crippen molar-refractivity contribution in [2.45, 2.75) is 13.0 Å². The third kappa shape index (κ3) is 3.37. The lowest BCUT2D eigenvalue weighted by Gasteiger charge is -2.08. The first-order valence-corrected chi connectivity index (χ1v) is 8.62. The minimum absolute atomic E-state index is 0.0634. The first-order chi connectivity index (χ1) is 12.8. The van der Waals surface area contributed by atoms with Crippen LogP contribution in [0.25, 0.3) is 22.2 Å². The highest BCUT2D eigenvalue weighted by Crippen LogP contribution is 2.19. The quantitative estimate of drug-likeness (QED) is 0.535. The second-order valence-electron chi connectivity index (χ2n) is 6.12. The molecule has 2 aromatic heterocycles. The van der Waals surface area contributed by atoms with Crippen LogP contribution >= 0.6 is 0 Å². The van der Waals surface area contributed by atoms with Crippen molar-refractivity contribution in [2.75, 3.05) is 6.54 Å². The third-order valence-electron chi connectivity index (χ3n) is 4.41. The molecule has 0 atom stereocenters. The van der Waals surface area contributed by atoms with Gasteiger partial charge < -0.3 is 14.3 Å². The van der Waals surface area contributed by atoms with Crippen LogP contribution in [0.15, 0.2) is 77.8 Å². The van der Waals surface area contributed by atoms with Crippen LogP contribution in [0.1, 0.15) is 16.8 Å². The molecule has 130 valence electrons. The molecule has 1 amide bonds. The average Bonchev–Trinajstić information content (AvgIpc) is 3.35. The summed E-state index contributed by atoms with van der Waals surface area (Å²) >= 11 is 0. The predicted octanol–water partition coefficient (Wildman–Crippen LogP) is 4.12. The van der Waals surface area contributed by atoms with Crippen LogP contribution in [0.5, 0.6) is 0 Å². The molecular weight excluding hydrogens is 326 g/mol. The summed E-state index contributed by atoms with van der Waals surface area (Å²) in [5.74, 6) is 0.627. The van der Waals surface area contributed by atoms with Crippen molar-refractivity contribution in [3.05, 3.63) is 78.9 Å². The van der Waals surface area contributed by atoms with Crippen LogP contribution in [-0.4, -0.2) is 22.0 Å². The van der Waals surface area contributed by atoms with Gasteiger partial charge in [0.1, 0.15) is 0 Å². The summed E-state index contributed by atoms with van der Waals surface area (Å²) in [4.78, 5) is 16.2. The molecule has 0 aliphatic heterocycles. The fourth-order valence-corrected chi connectivity index (χ4v) is 3.03. The van der Waals surface area contributed by atoms with Crippen LogP contribution in [-0.2, 0) is 6.54 Å². The van der Waals surface area contributed by atoms with Crippen molar-refractivity contribution in [3.8, 4) is 11.3 Å². The zero-order valence-corrected chi connectivity index (χ0v) is 14.3. The van der Waals surface area contributed by atoms with Crippen molar-refractivity contribution >= 4 is 16.8 Å². The molecule has 0 unspecified atom stereocenters. The topological polar surface area (TPSA) is 60.1 Å². The number of aromatic nitrogens is 2. The minimum atomic E-state index is -0.0634. The van der Waals surface area contributed by atoms with Gasteiger partial charge in [-0.2, -0.15) is 0 Å². The lowest BCUT2D eigenvalue weighted by atomic mass is 10.1. The van der Waals surface area contributed by atoms with E-state index >= 15 is 0 Å². The molecule has 2 aromatic carbocycles. The number of amides is 1. The molecule has 0 aliphatic carbocycles. The smallest absolute Gasteiger partial charge is 0.251 e. The average molecular weight is 345 g/mol. The van der Waals surface area contributed by atoms with Crippen LogP contribution < -0.4 is 5.32 Å². The Morgan fingerprint density at radius 3 is 2.73 bits per heavy atom. The number of oxazole rings is 1. The van der Waals surface area contributed by atoms with Crippen molar-refractivity contribution in [1.82, 2.24) is 14.9 Å². The summed E-state index contributed by atoms with van der Waals surface area (Å²) in [6.07, 6.45) is 6.01. The van der Waals surface area contributed by atoms with E-state index in [0.29, 0.717) is 17.9 Å². The summed E-state index contributed by atoms with van der Waals surface area (Å²) in [5, 5.41) is 4.21. The highest BCUT2D eigenvalue weighted by atomic mass is 16.3. The molecule has 4 rings (SSSR count). The van der Waals surface area contributed by atoms with E-state index in [9.17, 15) is 4.79 Å². The van der Waals surface area contributed by atoms with Crippen LogP contribution in [0.2, 0.25) is 0 Å². The van der Waals surface area contributed by atoms with Crippen LogP contribution in [0.3, 0.4) is 0 Å². The molecule has 0 saturated heterocycles. The maximum absolute atomic E-state index is 12.3. The zero-order valence-electron chi connectivity index (χ0n) is 14.3. The summed E-state index contributed by atoms with van der Waals surface area (Å²) in [7, 11) is 0. The maximum atomic E-state index is 12.3. The van der Waals surface area contributed by atoms with Gasteiger partial charge in [-0.3, -0.25) is 4.79 Å². The molecule has 0 spiro atoms. The highest BCUT2D eigenvalue weighted by Gasteiger charge is 2.07. The summed E-state index contributed by atoms with van der Waals surface area (Å²) in [6, 6.07) is 17.7. The molecule has 5 heteroatoms. The van der Waals surface area contributed by atoms with Gasteiger partial charge >= 0.3 is 0 Å². The van der Waals surface area contributed by atoms with E-state index in [-0.39, 0.29) is 5.91 Å². The van der Waals surface area contributed by atoms with Gasteiger partial charge in [0.2, 0.25) is 0 Å². The summed E-state index contributed by atoms with van der Waals surface area (Å²) < 4.78 is 7.47. The molecule has 0 radical (unpaired) electrons. The van der Waals surface area contributed by atoms with Gasteiger partial charge in [0.15, 0.2) is 12.2 Å². The van der Waals surface area contributed by atoms with E-state index < -0.39 is 0 Å². The SMILES string of the molecule is O=C(NCCCn1ccc2ccccc21)c1ccc(-c2cnco2)cc1. The molecule has 1 N–H and O–H groups in total. The van der Waals surface area contributed by atoms with Crippen LogP contribution in [0.4, 0.5) is 0 Å². The Bertz CT molecular complexity index is 1000. The Labute approximate surface area is 151 Å². The standard InChI is InChI=1S/C21H19N3O2/c25-21(18-8-6-17(7-9-18)20-14-22-15-26-20)23-11-3-12-24-13-10-16-4-1-2-5-19(16)24/h1-2,4-10,13-15H,3,11-12H2,(H,23,25). The Hall–Kier alpha value is -3.34. The number of fused-ring (bicyclic) bond motifs is 1. The number of nitrogens with zero attached hydrogens (tertiary/aromatic N) is 2. The molecule has 0 aliphatic rings. The van der Waals surface area contributed by atoms with E-state index in [0.717, 1.165) is 18.5 Å². The van der Waals surface area contributed by atoms with Gasteiger partial charge in [-0.05, 0) is 36.1 Å². The molecule has 4 aromatic rings. The number of aryl methyl sites for hydroxylation is 1. The minimum Gasteiger partial charge on any atom is -0.444 e. The summed E-state index contributed by atoms with van der Waals surface area (Å²) in [6.45, 7) is 1.51. The number of rotatable bonds is 6. The molecule has 0 saturated carbocycles. The van der Waals surface area contributed by atoms with E-state index in [1.165, 1.54) is 17.3 Å². The molecule has 0 fully saturated rings. The second-order valence-corrected chi connectivity index (χ2v) is 6.12. The van der Waals surface area contributed by atoms with Crippen molar-refractivity contribution in [3.63, 3.8) is 0 Å². The summed E-state index contributed by atoms with van der Waals surface area (Å²) in [5.41, 5.74) is 2.76. The first-order valence-electron chi connectivity index (χ1n) is 8.62. The lowest BCUT2D eigenvalue weighted by molar-refractivity contribution is 0.0953. The van der Waals surface area contributed by atoms with Gasteiger partial charge in [-0.15, -0.1) is 0 Å². The fourth-order valence-electron chi connectivity index (χ4n) is 3.03. The molecule has 0 bridgehead atoms. The normalized spacial score (nSPS) is 10.9. The van der Waals surface area contributed by atoms with E-state index in [1.807, 2.05) is 24.3 Å². The van der Waals surface area contributed by atoms with E-state index in [2.05, 4.69) is 39.3 Å². The molecule has 26 heavy (non-hydrogen) atoms. The highest BCUT2D eigenvalue weighted by molar-refractivity contribution is 5.94. The van der Waals surface area contributed by atoms with E-state index in [4.69, 9.17) is 4.42 Å².